The molecule has 1 N–H and O–H groups in total. The molecule has 0 aromatic carbocycles. The Morgan fingerprint density at radius 1 is 1.40 bits per heavy atom. The summed E-state index contributed by atoms with van der Waals surface area (Å²) < 4.78 is 5.70. The van der Waals surface area contributed by atoms with Crippen LogP contribution in [0, 0.1) is 16.7 Å². The molecule has 0 spiro atoms. The van der Waals surface area contributed by atoms with Crippen molar-refractivity contribution < 1.29 is 14.3 Å². The van der Waals surface area contributed by atoms with E-state index in [9.17, 15) is 9.59 Å². The average molecular weight is 279 g/mol. The van der Waals surface area contributed by atoms with E-state index < -0.39 is 6.04 Å². The van der Waals surface area contributed by atoms with Crippen LogP contribution in [0.3, 0.4) is 0 Å². The van der Waals surface area contributed by atoms with Crippen LogP contribution >= 0.6 is 0 Å². The van der Waals surface area contributed by atoms with Crippen molar-refractivity contribution in [2.45, 2.75) is 59.1 Å². The number of hydrogen-bond acceptors (Lipinski definition) is 3. The Bertz CT molecular complexity index is 443. The van der Waals surface area contributed by atoms with E-state index in [-0.39, 0.29) is 28.8 Å². The number of rotatable bonds is 4. The van der Waals surface area contributed by atoms with Crippen molar-refractivity contribution in [2.75, 3.05) is 0 Å². The number of amides is 1. The van der Waals surface area contributed by atoms with Gasteiger partial charge in [-0.2, -0.15) is 0 Å². The van der Waals surface area contributed by atoms with Gasteiger partial charge in [0.1, 0.15) is 12.1 Å². The molecule has 4 nitrogen and oxygen atoms in total. The summed E-state index contributed by atoms with van der Waals surface area (Å²) in [7, 11) is 0. The number of nitrogens with one attached hydrogen (secondary N) is 1. The van der Waals surface area contributed by atoms with Gasteiger partial charge in [-0.1, -0.05) is 27.4 Å². The van der Waals surface area contributed by atoms with Crippen molar-refractivity contribution >= 4 is 11.9 Å². The van der Waals surface area contributed by atoms with Gasteiger partial charge in [-0.25, -0.2) is 4.79 Å². The summed E-state index contributed by atoms with van der Waals surface area (Å²) in [6, 6.07) is -0.633. The van der Waals surface area contributed by atoms with Gasteiger partial charge in [-0.3, -0.25) is 4.79 Å². The van der Waals surface area contributed by atoms with Gasteiger partial charge in [0.05, 0.1) is 0 Å². The van der Waals surface area contributed by atoms with Crippen LogP contribution in [-0.2, 0) is 14.3 Å². The molecule has 0 aromatic rings. The van der Waals surface area contributed by atoms with Gasteiger partial charge in [-0.15, -0.1) is 0 Å². The standard InChI is InChI=1S/C16H25NO3/c1-6-13(18)17-10(2)14(19)20-12-9-11-7-8-16(12,5)15(11,3)4/h6,10-12H,1,7-9H2,2-5H3,(H,17,18)/t10-,11+,12-,16+/m0/s1. The predicted molar refractivity (Wildman–Crippen MR) is 76.9 cm³/mol. The quantitative estimate of drug-likeness (QED) is 0.635. The number of esters is 1. The van der Waals surface area contributed by atoms with Crippen LogP contribution in [0.1, 0.15) is 47.0 Å². The van der Waals surface area contributed by atoms with Crippen LogP contribution in [0.2, 0.25) is 0 Å². The van der Waals surface area contributed by atoms with Gasteiger partial charge in [0, 0.05) is 5.41 Å². The van der Waals surface area contributed by atoms with Gasteiger partial charge in [0.15, 0.2) is 0 Å². The second-order valence-electron chi connectivity index (χ2n) is 6.97. The highest BCUT2D eigenvalue weighted by molar-refractivity contribution is 5.90. The second kappa shape index (κ2) is 4.90. The van der Waals surface area contributed by atoms with E-state index in [4.69, 9.17) is 4.74 Å². The molecule has 2 saturated carbocycles. The lowest BCUT2D eigenvalue weighted by Crippen LogP contribution is -2.44. The minimum atomic E-state index is -0.633. The minimum absolute atomic E-state index is 0.0353. The Morgan fingerprint density at radius 3 is 2.50 bits per heavy atom. The molecule has 0 saturated heterocycles. The molecule has 0 radical (unpaired) electrons. The fraction of sp³-hybridized carbons (Fsp3) is 0.750. The molecule has 112 valence electrons. The van der Waals surface area contributed by atoms with Crippen molar-refractivity contribution in [1.29, 1.82) is 0 Å². The Balaban J connectivity index is 2.00. The van der Waals surface area contributed by atoms with E-state index in [1.54, 1.807) is 6.92 Å². The maximum absolute atomic E-state index is 12.1. The monoisotopic (exact) mass is 279 g/mol. The molecule has 1 amide bonds. The van der Waals surface area contributed by atoms with E-state index in [1.165, 1.54) is 6.42 Å². The molecule has 2 aliphatic carbocycles. The lowest BCUT2D eigenvalue weighted by Gasteiger charge is -2.38. The molecular formula is C16H25NO3. The van der Waals surface area contributed by atoms with Gasteiger partial charge in [-0.05, 0) is 43.6 Å². The fourth-order valence-electron chi connectivity index (χ4n) is 3.88. The van der Waals surface area contributed by atoms with Crippen molar-refractivity contribution in [2.24, 2.45) is 16.7 Å². The summed E-state index contributed by atoms with van der Waals surface area (Å²) in [5.41, 5.74) is 0.265. The summed E-state index contributed by atoms with van der Waals surface area (Å²) in [5.74, 6) is -0.0768. The predicted octanol–water partition coefficient (Wildman–Crippen LogP) is 2.44. The normalized spacial score (nSPS) is 35.4. The highest BCUT2D eigenvalue weighted by Crippen LogP contribution is 2.66. The summed E-state index contributed by atoms with van der Waals surface area (Å²) in [6.07, 6.45) is 4.39. The van der Waals surface area contributed by atoms with Crippen LogP contribution in [0.5, 0.6) is 0 Å². The molecule has 0 heterocycles. The minimum Gasteiger partial charge on any atom is -0.460 e. The van der Waals surface area contributed by atoms with Crippen molar-refractivity contribution in [3.05, 3.63) is 12.7 Å². The van der Waals surface area contributed by atoms with E-state index >= 15 is 0 Å². The smallest absolute Gasteiger partial charge is 0.328 e. The molecule has 0 unspecified atom stereocenters. The molecule has 0 aromatic heterocycles. The highest BCUT2D eigenvalue weighted by atomic mass is 16.5. The SMILES string of the molecule is C=CC(=O)N[C@@H](C)C(=O)O[C@H]1C[C@H]2CC[C@@]1(C)C2(C)C. The molecule has 2 fully saturated rings. The molecule has 4 atom stereocenters. The van der Waals surface area contributed by atoms with E-state index in [0.717, 1.165) is 18.9 Å². The van der Waals surface area contributed by atoms with Crippen molar-refractivity contribution in [3.8, 4) is 0 Å². The Labute approximate surface area is 120 Å². The fourth-order valence-corrected chi connectivity index (χ4v) is 3.88. The van der Waals surface area contributed by atoms with Crippen molar-refractivity contribution in [3.63, 3.8) is 0 Å². The first-order chi connectivity index (χ1) is 9.22. The summed E-state index contributed by atoms with van der Waals surface area (Å²) in [6.45, 7) is 11.8. The topological polar surface area (TPSA) is 55.4 Å². The molecule has 4 heteroatoms. The molecule has 2 aliphatic rings. The van der Waals surface area contributed by atoms with E-state index in [1.807, 2.05) is 0 Å². The maximum Gasteiger partial charge on any atom is 0.328 e. The van der Waals surface area contributed by atoms with Gasteiger partial charge < -0.3 is 10.1 Å². The number of ether oxygens (including phenoxy) is 1. The van der Waals surface area contributed by atoms with Gasteiger partial charge >= 0.3 is 5.97 Å². The molecule has 2 rings (SSSR count). The number of fused-ring (bicyclic) bond motifs is 2. The Hall–Kier alpha value is -1.32. The van der Waals surface area contributed by atoms with E-state index in [0.29, 0.717) is 5.92 Å². The Morgan fingerprint density at radius 2 is 2.05 bits per heavy atom. The molecule has 20 heavy (non-hydrogen) atoms. The van der Waals surface area contributed by atoms with Crippen LogP contribution in [0.4, 0.5) is 0 Å². The second-order valence-corrected chi connectivity index (χ2v) is 6.97. The van der Waals surface area contributed by atoms with Crippen LogP contribution in [-0.4, -0.2) is 24.0 Å². The highest BCUT2D eigenvalue weighted by Gasteiger charge is 2.62. The zero-order chi connectivity index (χ0) is 15.1. The largest absolute Gasteiger partial charge is 0.460 e. The van der Waals surface area contributed by atoms with Crippen LogP contribution < -0.4 is 5.32 Å². The third-order valence-electron chi connectivity index (χ3n) is 5.87. The molecular weight excluding hydrogens is 254 g/mol. The summed E-state index contributed by atoms with van der Waals surface area (Å²) >= 11 is 0. The Kier molecular flexibility index (Phi) is 3.69. The zero-order valence-electron chi connectivity index (χ0n) is 12.9. The third kappa shape index (κ3) is 2.15. The van der Waals surface area contributed by atoms with Gasteiger partial charge in [0.25, 0.3) is 0 Å². The first-order valence-electron chi connectivity index (χ1n) is 7.36. The molecule has 0 aliphatic heterocycles. The summed E-state index contributed by atoms with van der Waals surface area (Å²) in [4.78, 5) is 23.3. The van der Waals surface area contributed by atoms with Crippen LogP contribution in [0.25, 0.3) is 0 Å². The summed E-state index contributed by atoms with van der Waals surface area (Å²) in [5, 5.41) is 2.55. The lowest BCUT2D eigenvalue weighted by atomic mass is 9.70. The lowest BCUT2D eigenvalue weighted by molar-refractivity contribution is -0.159. The average Bonchev–Trinajstić information content (AvgIpc) is 2.71. The number of carbonyl (C=O) groups is 2. The van der Waals surface area contributed by atoms with E-state index in [2.05, 4.69) is 32.7 Å². The zero-order valence-corrected chi connectivity index (χ0v) is 12.9. The van der Waals surface area contributed by atoms with Gasteiger partial charge in [0.2, 0.25) is 5.91 Å². The maximum atomic E-state index is 12.1. The number of carbonyl (C=O) groups excluding carboxylic acids is 2. The first-order valence-corrected chi connectivity index (χ1v) is 7.36. The van der Waals surface area contributed by atoms with Crippen molar-refractivity contribution in [1.82, 2.24) is 5.32 Å². The third-order valence-corrected chi connectivity index (χ3v) is 5.87. The number of hydrogen-bond donors (Lipinski definition) is 1. The van der Waals surface area contributed by atoms with Crippen LogP contribution in [0.15, 0.2) is 12.7 Å². The first kappa shape index (κ1) is 15.1. The molecule has 2 bridgehead atoms.